The Morgan fingerprint density at radius 2 is 2.04 bits per heavy atom. The second-order valence-corrected chi connectivity index (χ2v) is 9.76. The number of carbonyl (C=O) groups excluding carboxylic acids is 1. The van der Waals surface area contributed by atoms with Crippen molar-refractivity contribution in [2.24, 2.45) is 0 Å². The molecule has 9 heteroatoms. The first kappa shape index (κ1) is 19.3. The van der Waals surface area contributed by atoms with Gasteiger partial charge in [0.1, 0.15) is 9.96 Å². The van der Waals surface area contributed by atoms with E-state index in [9.17, 15) is 13.2 Å². The van der Waals surface area contributed by atoms with Crippen LogP contribution in [-0.4, -0.2) is 45.0 Å². The van der Waals surface area contributed by atoms with Gasteiger partial charge in [-0.25, -0.2) is 13.1 Å². The van der Waals surface area contributed by atoms with E-state index in [2.05, 4.69) is 20.7 Å². The molecule has 0 bridgehead atoms. The molecule has 0 saturated carbocycles. The molecule has 1 amide bonds. The van der Waals surface area contributed by atoms with Crippen LogP contribution in [-0.2, 0) is 14.8 Å². The van der Waals surface area contributed by atoms with E-state index in [0.29, 0.717) is 35.9 Å². The number of likely N-dealkylation sites (tertiary alicyclic amines) is 1. The van der Waals surface area contributed by atoms with E-state index in [4.69, 9.17) is 4.74 Å². The van der Waals surface area contributed by atoms with E-state index in [0.717, 1.165) is 4.47 Å². The maximum absolute atomic E-state index is 12.3. The molecular weight excluding hydrogens is 440 g/mol. The standard InChI is InChI=1S/C17H19BrN2O4S2/c18-13-3-1-4-15(11-13)24-12-16(21)20-8-6-14(7-9-20)19-26(22,23)17-5-2-10-25-17/h1-5,10-11,14,19H,6-9,12H2. The Morgan fingerprint density at radius 3 is 2.69 bits per heavy atom. The number of hydrogen-bond donors (Lipinski definition) is 1. The quantitative estimate of drug-likeness (QED) is 0.721. The highest BCUT2D eigenvalue weighted by Gasteiger charge is 2.27. The fraction of sp³-hybridized carbons (Fsp3) is 0.353. The average molecular weight is 459 g/mol. The van der Waals surface area contributed by atoms with E-state index in [1.165, 1.54) is 11.3 Å². The third-order valence-electron chi connectivity index (χ3n) is 4.09. The van der Waals surface area contributed by atoms with E-state index >= 15 is 0 Å². The van der Waals surface area contributed by atoms with Crippen LogP contribution >= 0.6 is 27.3 Å². The van der Waals surface area contributed by atoms with Crippen molar-refractivity contribution in [2.75, 3.05) is 19.7 Å². The third-order valence-corrected chi connectivity index (χ3v) is 7.50. The summed E-state index contributed by atoms with van der Waals surface area (Å²) in [5, 5.41) is 1.74. The Morgan fingerprint density at radius 1 is 1.27 bits per heavy atom. The van der Waals surface area contributed by atoms with E-state index in [1.54, 1.807) is 34.5 Å². The minimum absolute atomic E-state index is 0.0258. The molecule has 1 fully saturated rings. The number of halogens is 1. The van der Waals surface area contributed by atoms with E-state index in [1.807, 2.05) is 12.1 Å². The van der Waals surface area contributed by atoms with Gasteiger partial charge in [-0.1, -0.05) is 28.1 Å². The summed E-state index contributed by atoms with van der Waals surface area (Å²) in [5.74, 6) is 0.538. The van der Waals surface area contributed by atoms with Gasteiger partial charge in [0.15, 0.2) is 6.61 Å². The first-order valence-corrected chi connectivity index (χ1v) is 11.3. The smallest absolute Gasteiger partial charge is 0.260 e. The SMILES string of the molecule is O=C(COc1cccc(Br)c1)N1CCC(NS(=O)(=O)c2cccs2)CC1. The zero-order valence-electron chi connectivity index (χ0n) is 13.9. The fourth-order valence-electron chi connectivity index (χ4n) is 2.73. The first-order valence-electron chi connectivity index (χ1n) is 8.16. The van der Waals surface area contributed by atoms with Gasteiger partial charge in [0.25, 0.3) is 5.91 Å². The number of benzene rings is 1. The molecular formula is C17H19BrN2O4S2. The zero-order valence-corrected chi connectivity index (χ0v) is 17.1. The van der Waals surface area contributed by atoms with Crippen LogP contribution in [0.4, 0.5) is 0 Å². The number of amides is 1. The molecule has 140 valence electrons. The number of hydrogen-bond acceptors (Lipinski definition) is 5. The monoisotopic (exact) mass is 458 g/mol. The molecule has 1 N–H and O–H groups in total. The minimum atomic E-state index is -3.47. The minimum Gasteiger partial charge on any atom is -0.484 e. The third kappa shape index (κ3) is 5.06. The number of thiophene rings is 1. The molecule has 0 spiro atoms. The van der Waals surface area contributed by atoms with Crippen LogP contribution in [0, 0.1) is 0 Å². The van der Waals surface area contributed by atoms with Crippen molar-refractivity contribution >= 4 is 43.2 Å². The first-order chi connectivity index (χ1) is 12.4. The molecule has 2 aromatic rings. The van der Waals surface area contributed by atoms with Gasteiger partial charge in [-0.3, -0.25) is 4.79 Å². The largest absolute Gasteiger partial charge is 0.484 e. The lowest BCUT2D eigenvalue weighted by atomic mass is 10.1. The molecule has 1 aliphatic rings. The molecule has 0 radical (unpaired) electrons. The molecule has 1 saturated heterocycles. The van der Waals surface area contributed by atoms with Crippen LogP contribution in [0.5, 0.6) is 5.75 Å². The van der Waals surface area contributed by atoms with Crippen molar-refractivity contribution in [1.82, 2.24) is 9.62 Å². The predicted molar refractivity (Wildman–Crippen MR) is 104 cm³/mol. The second-order valence-electron chi connectivity index (χ2n) is 5.95. The maximum Gasteiger partial charge on any atom is 0.260 e. The number of carbonyl (C=O) groups is 1. The van der Waals surface area contributed by atoms with Gasteiger partial charge in [-0.2, -0.15) is 0 Å². The normalized spacial score (nSPS) is 15.8. The van der Waals surface area contributed by atoms with Gasteiger partial charge in [-0.15, -0.1) is 11.3 Å². The van der Waals surface area contributed by atoms with Gasteiger partial charge in [0, 0.05) is 23.6 Å². The highest BCUT2D eigenvalue weighted by Crippen LogP contribution is 2.20. The lowest BCUT2D eigenvalue weighted by Gasteiger charge is -2.32. The Balaban J connectivity index is 1.46. The Bertz CT molecular complexity index is 847. The summed E-state index contributed by atoms with van der Waals surface area (Å²) in [6.07, 6.45) is 1.18. The zero-order chi connectivity index (χ0) is 18.6. The molecule has 1 aliphatic heterocycles. The summed E-state index contributed by atoms with van der Waals surface area (Å²) in [4.78, 5) is 14.0. The van der Waals surface area contributed by atoms with Crippen molar-refractivity contribution in [3.05, 3.63) is 46.3 Å². The van der Waals surface area contributed by atoms with Crippen LogP contribution in [0.15, 0.2) is 50.5 Å². The van der Waals surface area contributed by atoms with Crippen LogP contribution in [0.25, 0.3) is 0 Å². The summed E-state index contributed by atoms with van der Waals surface area (Å²) in [5.41, 5.74) is 0. The number of nitrogens with one attached hydrogen (secondary N) is 1. The Hall–Kier alpha value is -1.42. The van der Waals surface area contributed by atoms with Gasteiger partial charge in [-0.05, 0) is 42.5 Å². The summed E-state index contributed by atoms with van der Waals surface area (Å²) in [6.45, 7) is 0.999. The average Bonchev–Trinajstić information content (AvgIpc) is 3.16. The molecule has 1 aromatic heterocycles. The van der Waals surface area contributed by atoms with Crippen LogP contribution < -0.4 is 9.46 Å². The van der Waals surface area contributed by atoms with Gasteiger partial charge < -0.3 is 9.64 Å². The predicted octanol–water partition coefficient (Wildman–Crippen LogP) is 2.86. The fourth-order valence-corrected chi connectivity index (χ4v) is 5.43. The lowest BCUT2D eigenvalue weighted by molar-refractivity contribution is -0.134. The number of nitrogens with zero attached hydrogens (tertiary/aromatic N) is 1. The molecule has 0 aliphatic carbocycles. The van der Waals surface area contributed by atoms with Crippen molar-refractivity contribution in [1.29, 1.82) is 0 Å². The van der Waals surface area contributed by atoms with Crippen molar-refractivity contribution in [3.63, 3.8) is 0 Å². The topological polar surface area (TPSA) is 75.7 Å². The van der Waals surface area contributed by atoms with Gasteiger partial charge in [0.2, 0.25) is 10.0 Å². The number of rotatable bonds is 6. The van der Waals surface area contributed by atoms with Crippen molar-refractivity contribution < 1.29 is 17.9 Å². The van der Waals surface area contributed by atoms with Crippen LogP contribution in [0.1, 0.15) is 12.8 Å². The van der Waals surface area contributed by atoms with Crippen LogP contribution in [0.2, 0.25) is 0 Å². The molecule has 0 unspecified atom stereocenters. The van der Waals surface area contributed by atoms with Crippen LogP contribution in [0.3, 0.4) is 0 Å². The summed E-state index contributed by atoms with van der Waals surface area (Å²) >= 11 is 4.55. The molecule has 2 heterocycles. The summed E-state index contributed by atoms with van der Waals surface area (Å²) in [6, 6.07) is 10.5. The van der Waals surface area contributed by atoms with Crippen molar-refractivity contribution in [2.45, 2.75) is 23.1 Å². The number of sulfonamides is 1. The number of ether oxygens (including phenoxy) is 1. The highest BCUT2D eigenvalue weighted by molar-refractivity contribution is 9.10. The Kier molecular flexibility index (Phi) is 6.33. The molecule has 0 atom stereocenters. The van der Waals surface area contributed by atoms with E-state index in [-0.39, 0.29) is 18.6 Å². The number of piperidine rings is 1. The molecule has 6 nitrogen and oxygen atoms in total. The summed E-state index contributed by atoms with van der Waals surface area (Å²) in [7, 11) is -3.47. The molecule has 3 rings (SSSR count). The summed E-state index contributed by atoms with van der Waals surface area (Å²) < 4.78 is 34.0. The molecule has 1 aromatic carbocycles. The van der Waals surface area contributed by atoms with Gasteiger partial charge in [0.05, 0.1) is 0 Å². The molecule has 26 heavy (non-hydrogen) atoms. The Labute approximate surface area is 165 Å². The highest BCUT2D eigenvalue weighted by atomic mass is 79.9. The van der Waals surface area contributed by atoms with E-state index < -0.39 is 10.0 Å². The lowest BCUT2D eigenvalue weighted by Crippen LogP contribution is -2.47. The van der Waals surface area contributed by atoms with Gasteiger partial charge >= 0.3 is 0 Å². The second kappa shape index (κ2) is 8.51. The van der Waals surface area contributed by atoms with Crippen molar-refractivity contribution in [3.8, 4) is 5.75 Å². The maximum atomic E-state index is 12.3.